The molecule has 0 aromatic heterocycles. The van der Waals surface area contributed by atoms with E-state index in [-0.39, 0.29) is 11.9 Å². The van der Waals surface area contributed by atoms with E-state index in [4.69, 9.17) is 9.47 Å². The van der Waals surface area contributed by atoms with Crippen molar-refractivity contribution in [2.45, 2.75) is 13.8 Å². The van der Waals surface area contributed by atoms with Crippen LogP contribution in [-0.2, 0) is 9.59 Å². The van der Waals surface area contributed by atoms with Crippen LogP contribution in [0.1, 0.15) is 25.0 Å². The van der Waals surface area contributed by atoms with Gasteiger partial charge in [0.1, 0.15) is 11.5 Å². The van der Waals surface area contributed by atoms with Crippen LogP contribution in [0.4, 0.5) is 5.69 Å². The molecule has 0 spiro atoms. The summed E-state index contributed by atoms with van der Waals surface area (Å²) in [6.07, 6.45) is 0. The van der Waals surface area contributed by atoms with Gasteiger partial charge in [-0.05, 0) is 60.7 Å². The number of rotatable bonds is 6. The minimum absolute atomic E-state index is 0.376. The van der Waals surface area contributed by atoms with Gasteiger partial charge in [0, 0.05) is 25.0 Å². The Hall–Kier alpha value is -3.93. The number of anilines is 1. The van der Waals surface area contributed by atoms with E-state index in [0.29, 0.717) is 17.2 Å². The molecule has 0 radical (unpaired) electrons. The van der Waals surface area contributed by atoms with Gasteiger partial charge in [0.25, 0.3) is 0 Å². The molecule has 0 bridgehead atoms. The molecule has 0 aliphatic heterocycles. The molecule has 6 heteroatoms. The largest absolute Gasteiger partial charge is 0.427 e. The summed E-state index contributed by atoms with van der Waals surface area (Å²) in [5.41, 5.74) is 6.22. The van der Waals surface area contributed by atoms with Crippen LogP contribution < -0.4 is 14.9 Å². The summed E-state index contributed by atoms with van der Waals surface area (Å²) in [4.78, 5) is 22.3. The summed E-state index contributed by atoms with van der Waals surface area (Å²) in [6, 6.07) is 23.7. The van der Waals surface area contributed by atoms with Crippen molar-refractivity contribution in [1.29, 1.82) is 0 Å². The molecule has 3 aromatic rings. The van der Waals surface area contributed by atoms with Gasteiger partial charge in [-0.15, -0.1) is 0 Å². The zero-order valence-electron chi connectivity index (χ0n) is 16.1. The van der Waals surface area contributed by atoms with Gasteiger partial charge >= 0.3 is 11.9 Å². The summed E-state index contributed by atoms with van der Waals surface area (Å²) >= 11 is 0. The van der Waals surface area contributed by atoms with Crippen LogP contribution in [-0.4, -0.2) is 17.7 Å². The summed E-state index contributed by atoms with van der Waals surface area (Å²) in [7, 11) is 0. The first-order valence-electron chi connectivity index (χ1n) is 8.98. The maximum absolute atomic E-state index is 11.1. The summed E-state index contributed by atoms with van der Waals surface area (Å²) < 4.78 is 10.2. The van der Waals surface area contributed by atoms with E-state index < -0.39 is 0 Å². The van der Waals surface area contributed by atoms with Gasteiger partial charge in [-0.25, -0.2) is 0 Å². The molecule has 0 aliphatic carbocycles. The molecule has 1 N–H and O–H groups in total. The predicted molar refractivity (Wildman–Crippen MR) is 111 cm³/mol. The zero-order valence-corrected chi connectivity index (χ0v) is 16.1. The number of hydrogen-bond acceptors (Lipinski definition) is 6. The molecule has 29 heavy (non-hydrogen) atoms. The van der Waals surface area contributed by atoms with Gasteiger partial charge in [0.05, 0.1) is 11.4 Å². The maximum Gasteiger partial charge on any atom is 0.308 e. The van der Waals surface area contributed by atoms with Crippen LogP contribution in [0.5, 0.6) is 11.5 Å². The first-order valence-corrected chi connectivity index (χ1v) is 8.98. The SMILES string of the molecule is CC(=O)Oc1ccc(C(=NNc2ccccc2)c2ccc(OC(C)=O)cc2)cc1. The third kappa shape index (κ3) is 5.77. The van der Waals surface area contributed by atoms with Crippen LogP contribution in [0.3, 0.4) is 0 Å². The fourth-order valence-electron chi connectivity index (χ4n) is 2.62. The van der Waals surface area contributed by atoms with Crippen LogP contribution in [0, 0.1) is 0 Å². The van der Waals surface area contributed by atoms with Gasteiger partial charge in [-0.3, -0.25) is 15.0 Å². The van der Waals surface area contributed by atoms with Crippen molar-refractivity contribution in [2.75, 3.05) is 5.43 Å². The molecule has 3 aromatic carbocycles. The molecule has 0 amide bonds. The Balaban J connectivity index is 1.93. The number of carbonyl (C=O) groups is 2. The fourth-order valence-corrected chi connectivity index (χ4v) is 2.62. The fraction of sp³-hybridized carbons (Fsp3) is 0.0870. The van der Waals surface area contributed by atoms with Crippen molar-refractivity contribution in [2.24, 2.45) is 5.10 Å². The molecule has 0 unspecified atom stereocenters. The van der Waals surface area contributed by atoms with Crippen molar-refractivity contribution in [3.8, 4) is 11.5 Å². The molecule has 146 valence electrons. The summed E-state index contributed by atoms with van der Waals surface area (Å²) in [5, 5.41) is 4.57. The van der Waals surface area contributed by atoms with Gasteiger partial charge in [0.2, 0.25) is 0 Å². The quantitative estimate of drug-likeness (QED) is 0.293. The Morgan fingerprint density at radius 2 is 1.14 bits per heavy atom. The number of benzene rings is 3. The average molecular weight is 388 g/mol. The topological polar surface area (TPSA) is 77.0 Å². The van der Waals surface area contributed by atoms with E-state index in [1.807, 2.05) is 54.6 Å². The monoisotopic (exact) mass is 388 g/mol. The lowest BCUT2D eigenvalue weighted by Crippen LogP contribution is -2.08. The molecule has 0 saturated heterocycles. The number of ether oxygens (including phenoxy) is 2. The highest BCUT2D eigenvalue weighted by atomic mass is 16.5. The molecule has 3 rings (SSSR count). The van der Waals surface area contributed by atoms with Gasteiger partial charge in [0.15, 0.2) is 0 Å². The van der Waals surface area contributed by atoms with Crippen molar-refractivity contribution in [3.05, 3.63) is 90.0 Å². The average Bonchev–Trinajstić information content (AvgIpc) is 2.70. The summed E-state index contributed by atoms with van der Waals surface area (Å²) in [5.74, 6) is 0.167. The Morgan fingerprint density at radius 1 is 0.690 bits per heavy atom. The number of para-hydroxylation sites is 1. The minimum atomic E-state index is -0.376. The lowest BCUT2D eigenvalue weighted by atomic mass is 10.0. The summed E-state index contributed by atoms with van der Waals surface area (Å²) in [6.45, 7) is 2.71. The first-order chi connectivity index (χ1) is 14.0. The van der Waals surface area contributed by atoms with Gasteiger partial charge in [-0.2, -0.15) is 5.10 Å². The smallest absolute Gasteiger partial charge is 0.308 e. The molecule has 0 aliphatic rings. The highest BCUT2D eigenvalue weighted by molar-refractivity contribution is 6.13. The Kier molecular flexibility index (Phi) is 6.37. The second kappa shape index (κ2) is 9.32. The molecule has 0 heterocycles. The Morgan fingerprint density at radius 3 is 1.55 bits per heavy atom. The van der Waals surface area contributed by atoms with Crippen LogP contribution in [0.25, 0.3) is 0 Å². The van der Waals surface area contributed by atoms with Crippen LogP contribution in [0.15, 0.2) is 84.0 Å². The normalized spacial score (nSPS) is 10.0. The molecular formula is C23H20N2O4. The lowest BCUT2D eigenvalue weighted by Gasteiger charge is -2.10. The van der Waals surface area contributed by atoms with Crippen molar-refractivity contribution in [3.63, 3.8) is 0 Å². The maximum atomic E-state index is 11.1. The number of carbonyl (C=O) groups excluding carboxylic acids is 2. The molecule has 0 saturated carbocycles. The predicted octanol–water partition coefficient (Wildman–Crippen LogP) is 4.40. The first kappa shape index (κ1) is 19.8. The van der Waals surface area contributed by atoms with Gasteiger partial charge < -0.3 is 9.47 Å². The van der Waals surface area contributed by atoms with E-state index in [1.54, 1.807) is 24.3 Å². The molecule has 0 fully saturated rings. The number of hydrazone groups is 1. The molecular weight excluding hydrogens is 368 g/mol. The Labute approximate surface area is 168 Å². The third-order valence-corrected chi connectivity index (χ3v) is 3.85. The lowest BCUT2D eigenvalue weighted by molar-refractivity contribution is -0.132. The van der Waals surface area contributed by atoms with Crippen molar-refractivity contribution >= 4 is 23.3 Å². The van der Waals surface area contributed by atoms with Crippen molar-refractivity contribution in [1.82, 2.24) is 0 Å². The van der Waals surface area contributed by atoms with Crippen LogP contribution in [0.2, 0.25) is 0 Å². The van der Waals surface area contributed by atoms with E-state index in [1.165, 1.54) is 13.8 Å². The minimum Gasteiger partial charge on any atom is -0.427 e. The van der Waals surface area contributed by atoms with E-state index >= 15 is 0 Å². The van der Waals surface area contributed by atoms with Crippen LogP contribution >= 0.6 is 0 Å². The number of hydrogen-bond donors (Lipinski definition) is 1. The standard InChI is InChI=1S/C23H20N2O4/c1-16(26)28-21-12-8-18(9-13-21)23(25-24-20-6-4-3-5-7-20)19-10-14-22(15-11-19)29-17(2)27/h3-15,24H,1-2H3. The molecule has 0 atom stereocenters. The number of esters is 2. The second-order valence-electron chi connectivity index (χ2n) is 6.17. The highest BCUT2D eigenvalue weighted by Crippen LogP contribution is 2.20. The van der Waals surface area contributed by atoms with E-state index in [9.17, 15) is 9.59 Å². The van der Waals surface area contributed by atoms with E-state index in [2.05, 4.69) is 10.5 Å². The second-order valence-corrected chi connectivity index (χ2v) is 6.17. The third-order valence-electron chi connectivity index (χ3n) is 3.85. The van der Waals surface area contributed by atoms with Crippen molar-refractivity contribution < 1.29 is 19.1 Å². The highest BCUT2D eigenvalue weighted by Gasteiger charge is 2.10. The van der Waals surface area contributed by atoms with E-state index in [0.717, 1.165) is 16.8 Å². The zero-order chi connectivity index (χ0) is 20.6. The molecule has 6 nitrogen and oxygen atoms in total. The van der Waals surface area contributed by atoms with Gasteiger partial charge in [-0.1, -0.05) is 18.2 Å². The number of nitrogens with zero attached hydrogens (tertiary/aromatic N) is 1. The Bertz CT molecular complexity index is 950. The number of nitrogens with one attached hydrogen (secondary N) is 1.